The Morgan fingerprint density at radius 1 is 1.04 bits per heavy atom. The Labute approximate surface area is 286 Å². The van der Waals surface area contributed by atoms with Crippen molar-refractivity contribution < 1.29 is 39.9 Å². The molecule has 0 saturated carbocycles. The molecule has 0 unspecified atom stereocenters. The van der Waals surface area contributed by atoms with Crippen molar-refractivity contribution in [3.63, 3.8) is 0 Å². The number of benzene rings is 1. The topological polar surface area (TPSA) is 85.6 Å². The lowest BCUT2D eigenvalue weighted by Crippen LogP contribution is -3.00. The van der Waals surface area contributed by atoms with Gasteiger partial charge in [0.05, 0.1) is 18.6 Å². The minimum Gasteiger partial charge on any atom is -1.00 e. The predicted octanol–water partition coefficient (Wildman–Crippen LogP) is 5.77. The summed E-state index contributed by atoms with van der Waals surface area (Å²) in [4.78, 5) is 24.4. The van der Waals surface area contributed by atoms with Crippen LogP contribution < -0.4 is 37.2 Å². The van der Waals surface area contributed by atoms with Crippen molar-refractivity contribution in [1.82, 2.24) is 0 Å². The molecule has 0 spiro atoms. The number of nitrogens with zero attached hydrogens (tertiary/aromatic N) is 1. The first-order valence-electron chi connectivity index (χ1n) is 15.9. The molecule has 1 amide bonds. The number of pyridine rings is 1. The lowest BCUT2D eigenvalue weighted by molar-refractivity contribution is -0.697. The van der Waals surface area contributed by atoms with Crippen LogP contribution in [-0.4, -0.2) is 12.5 Å². The van der Waals surface area contributed by atoms with Gasteiger partial charge in [0.25, 0.3) is 0 Å². The van der Waals surface area contributed by atoms with E-state index in [-0.39, 0.29) is 28.3 Å². The summed E-state index contributed by atoms with van der Waals surface area (Å²) in [6.07, 6.45) is 21.8. The zero-order valence-electron chi connectivity index (χ0n) is 27.8. The van der Waals surface area contributed by atoms with Crippen molar-refractivity contribution in [1.29, 1.82) is 0 Å². The van der Waals surface area contributed by atoms with Gasteiger partial charge in [-0.15, -0.1) is 0 Å². The van der Waals surface area contributed by atoms with E-state index >= 15 is 0 Å². The minimum absolute atomic E-state index is 0. The molecule has 7 nitrogen and oxygen atoms in total. The van der Waals surface area contributed by atoms with E-state index in [1.165, 1.54) is 36.5 Å². The van der Waals surface area contributed by atoms with Crippen LogP contribution in [0.4, 0.5) is 5.69 Å². The summed E-state index contributed by atoms with van der Waals surface area (Å²) in [7, 11) is 0. The van der Waals surface area contributed by atoms with Crippen molar-refractivity contribution in [3.05, 3.63) is 124 Å². The minimum atomic E-state index is -0.439. The van der Waals surface area contributed by atoms with E-state index < -0.39 is 5.63 Å². The molecule has 8 heteroatoms. The third-order valence-electron chi connectivity index (χ3n) is 8.38. The van der Waals surface area contributed by atoms with Crippen molar-refractivity contribution in [2.75, 3.05) is 11.9 Å². The molecule has 1 aliphatic carbocycles. The second-order valence-corrected chi connectivity index (χ2v) is 12.7. The third kappa shape index (κ3) is 9.32. The number of aryl methyl sites for hydroxylation is 1. The maximum absolute atomic E-state index is 12.6. The number of aromatic nitrogens is 1. The average molecular weight is 700 g/mol. The molecule has 0 radical (unpaired) electrons. The van der Waals surface area contributed by atoms with Gasteiger partial charge in [-0.1, -0.05) is 55.4 Å². The van der Waals surface area contributed by atoms with Crippen molar-refractivity contribution in [2.24, 2.45) is 5.41 Å². The largest absolute Gasteiger partial charge is 1.00 e. The third-order valence-corrected chi connectivity index (χ3v) is 8.38. The molecule has 1 aliphatic rings. The molecular formula is C39H43BrN2O5. The van der Waals surface area contributed by atoms with Gasteiger partial charge in [-0.05, 0) is 74.8 Å². The van der Waals surface area contributed by atoms with Crippen LogP contribution in [0, 0.1) is 5.41 Å². The molecule has 47 heavy (non-hydrogen) atoms. The Morgan fingerprint density at radius 3 is 2.57 bits per heavy atom. The van der Waals surface area contributed by atoms with Crippen LogP contribution in [0.25, 0.3) is 21.9 Å². The highest BCUT2D eigenvalue weighted by molar-refractivity contribution is 6.00. The van der Waals surface area contributed by atoms with Crippen LogP contribution in [0.5, 0.6) is 5.75 Å². The Balaban J connectivity index is 0.00000500. The number of halogens is 1. The highest BCUT2D eigenvalue weighted by Gasteiger charge is 2.26. The smallest absolute Gasteiger partial charge is 0.336 e. The van der Waals surface area contributed by atoms with E-state index in [0.29, 0.717) is 42.2 Å². The summed E-state index contributed by atoms with van der Waals surface area (Å²) in [5, 5.41) is 4.58. The number of carbonyl (C=O) groups is 1. The predicted molar refractivity (Wildman–Crippen MR) is 184 cm³/mol. The van der Waals surface area contributed by atoms with Gasteiger partial charge in [-0.25, -0.2) is 9.36 Å². The van der Waals surface area contributed by atoms with Crippen LogP contribution in [0.2, 0.25) is 0 Å². The Bertz CT molecular complexity index is 1940. The monoisotopic (exact) mass is 698 g/mol. The van der Waals surface area contributed by atoms with Crippen LogP contribution in [0.3, 0.4) is 0 Å². The molecule has 246 valence electrons. The summed E-state index contributed by atoms with van der Waals surface area (Å²) in [5.41, 5.74) is 6.41. The zero-order chi connectivity index (χ0) is 32.7. The number of hydrogen-bond donors (Lipinski definition) is 1. The molecule has 0 aliphatic heterocycles. The summed E-state index contributed by atoms with van der Waals surface area (Å²) >= 11 is 0. The summed E-state index contributed by atoms with van der Waals surface area (Å²) in [6, 6.07) is 10.6. The molecule has 0 saturated heterocycles. The first kappa shape index (κ1) is 35.4. The molecule has 3 aromatic heterocycles. The highest BCUT2D eigenvalue weighted by Crippen LogP contribution is 2.41. The van der Waals surface area contributed by atoms with E-state index in [9.17, 15) is 9.59 Å². The first-order valence-corrected chi connectivity index (χ1v) is 15.9. The van der Waals surface area contributed by atoms with E-state index in [4.69, 9.17) is 13.6 Å². The summed E-state index contributed by atoms with van der Waals surface area (Å²) in [5.74, 6) is 0.257. The fourth-order valence-corrected chi connectivity index (χ4v) is 5.91. The van der Waals surface area contributed by atoms with Gasteiger partial charge in [0.15, 0.2) is 30.1 Å². The number of carbonyl (C=O) groups excluding carboxylic acids is 1. The maximum atomic E-state index is 12.6. The molecule has 1 N–H and O–H groups in total. The molecular weight excluding hydrogens is 656 g/mol. The van der Waals surface area contributed by atoms with Crippen molar-refractivity contribution >= 4 is 33.5 Å². The van der Waals surface area contributed by atoms with Crippen LogP contribution in [0.15, 0.2) is 127 Å². The van der Waals surface area contributed by atoms with Gasteiger partial charge in [-0.3, -0.25) is 4.79 Å². The van der Waals surface area contributed by atoms with Gasteiger partial charge in [-0.2, -0.15) is 0 Å². The molecule has 1 aromatic carbocycles. The fraction of sp³-hybridized carbons (Fsp3) is 0.308. The normalized spacial score (nSPS) is 15.5. The lowest BCUT2D eigenvalue weighted by atomic mass is 9.72. The Morgan fingerprint density at radius 2 is 1.81 bits per heavy atom. The quantitative estimate of drug-likeness (QED) is 0.0707. The molecule has 3 heterocycles. The second-order valence-electron chi connectivity index (χ2n) is 12.7. The first-order chi connectivity index (χ1) is 22.1. The zero-order valence-corrected chi connectivity index (χ0v) is 29.4. The second kappa shape index (κ2) is 15.9. The van der Waals surface area contributed by atoms with Gasteiger partial charge >= 0.3 is 5.63 Å². The molecule has 5 rings (SSSR count). The number of anilines is 1. The Kier molecular flexibility index (Phi) is 12.0. The van der Waals surface area contributed by atoms with Gasteiger partial charge in [0.1, 0.15) is 0 Å². The van der Waals surface area contributed by atoms with Crippen LogP contribution in [0.1, 0.15) is 60.3 Å². The number of hydrogen-bond acceptors (Lipinski definition) is 5. The number of rotatable bonds is 11. The number of nitrogens with one attached hydrogen (secondary N) is 1. The van der Waals surface area contributed by atoms with E-state index in [1.807, 2.05) is 60.3 Å². The molecule has 0 atom stereocenters. The number of fused-ring (bicyclic) bond motifs is 2. The van der Waals surface area contributed by atoms with E-state index in [2.05, 4.69) is 51.2 Å². The van der Waals surface area contributed by atoms with E-state index in [1.54, 1.807) is 18.4 Å². The number of amides is 1. The summed E-state index contributed by atoms with van der Waals surface area (Å²) < 4.78 is 19.1. The van der Waals surface area contributed by atoms with Crippen LogP contribution >= 0.6 is 0 Å². The van der Waals surface area contributed by atoms with Crippen molar-refractivity contribution in [3.8, 4) is 5.75 Å². The SMILES string of the molecule is CC1=C(/C=C/C(C)=C/C=C/C(C)=C/C(=O)Nc2cc[n+](CCCOc3c4occc4cc4ccc(=O)oc34)cc2)C(C)(C)CCC1.[Br-]. The van der Waals surface area contributed by atoms with Gasteiger partial charge < -0.3 is 35.9 Å². The van der Waals surface area contributed by atoms with Crippen LogP contribution in [-0.2, 0) is 11.3 Å². The standard InChI is InChI=1S/C39H42N2O5.BrH/c1-27(12-14-33-29(3)11-7-19-39(33,4)5)9-6-10-28(2)25-34(42)40-32-16-21-41(22-17-32)20-8-23-44-38-36-31(18-24-45-36)26-30-13-15-35(43)46-37(30)38;/h6,9-10,12-18,21-22,24-26H,7-8,11,19-20,23H2,1-5H3;1H/b10-6+,14-12+,27-9+,28-25+;. The average Bonchev–Trinajstić information content (AvgIpc) is 3.47. The molecule has 0 bridgehead atoms. The highest BCUT2D eigenvalue weighted by atomic mass is 79.9. The summed E-state index contributed by atoms with van der Waals surface area (Å²) in [6.45, 7) is 12.0. The van der Waals surface area contributed by atoms with E-state index in [0.717, 1.165) is 21.9 Å². The molecule has 4 aromatic rings. The molecule has 0 fully saturated rings. The lowest BCUT2D eigenvalue weighted by Gasteiger charge is -2.32. The fourth-order valence-electron chi connectivity index (χ4n) is 5.91. The van der Waals surface area contributed by atoms with Gasteiger partial charge in [0.2, 0.25) is 11.7 Å². The Hall–Kier alpha value is -4.43. The number of allylic oxidation sites excluding steroid dienone is 9. The number of ether oxygens (including phenoxy) is 1. The number of furan rings is 1. The maximum Gasteiger partial charge on any atom is 0.336 e. The van der Waals surface area contributed by atoms with Gasteiger partial charge in [0, 0.05) is 41.5 Å². The van der Waals surface area contributed by atoms with Crippen molar-refractivity contribution in [2.45, 2.75) is 66.8 Å².